The topological polar surface area (TPSA) is 73.9 Å². The summed E-state index contributed by atoms with van der Waals surface area (Å²) in [5, 5.41) is 17.4. The van der Waals surface area contributed by atoms with Crippen molar-refractivity contribution < 1.29 is 9.53 Å². The molecule has 0 saturated heterocycles. The zero-order valence-electron chi connectivity index (χ0n) is 11.2. The Morgan fingerprint density at radius 3 is 2.81 bits per heavy atom. The molecule has 1 aliphatic heterocycles. The van der Waals surface area contributed by atoms with Gasteiger partial charge in [0.05, 0.1) is 6.07 Å². The highest BCUT2D eigenvalue weighted by molar-refractivity contribution is 9.10. The van der Waals surface area contributed by atoms with E-state index < -0.39 is 11.8 Å². The first-order chi connectivity index (χ1) is 10.1. The van der Waals surface area contributed by atoms with Crippen molar-refractivity contribution in [2.24, 2.45) is 5.92 Å². The number of nitriles is 1. The molecule has 1 N–H and O–H groups in total. The Morgan fingerprint density at radius 1 is 1.33 bits per heavy atom. The maximum Gasteiger partial charge on any atom is 0.205 e. The first kappa shape index (κ1) is 14.0. The standard InChI is InChI=1S/C16H13BrN2O2/c17-11-5-2-1-4-9(11)14-10(8-18)16(19)21-13-7-3-6-12(20)15(13)14/h1-2,4-5,10,14,19H,3,6-7H2. The summed E-state index contributed by atoms with van der Waals surface area (Å²) in [7, 11) is 0. The van der Waals surface area contributed by atoms with Crippen molar-refractivity contribution in [3.05, 3.63) is 45.6 Å². The van der Waals surface area contributed by atoms with Crippen molar-refractivity contribution in [3.63, 3.8) is 0 Å². The average Bonchev–Trinajstić information content (AvgIpc) is 2.47. The third kappa shape index (κ3) is 2.30. The number of Topliss-reactive ketones (excluding diaryl/α,β-unsaturated/α-hetero) is 1. The fourth-order valence-corrected chi connectivity index (χ4v) is 3.53. The van der Waals surface area contributed by atoms with Crippen LogP contribution in [0.4, 0.5) is 0 Å². The zero-order valence-corrected chi connectivity index (χ0v) is 12.8. The normalized spacial score (nSPS) is 25.1. The van der Waals surface area contributed by atoms with Crippen LogP contribution in [-0.4, -0.2) is 11.7 Å². The number of ketones is 1. The van der Waals surface area contributed by atoms with E-state index in [9.17, 15) is 10.1 Å². The lowest BCUT2D eigenvalue weighted by Gasteiger charge is -2.34. The average molecular weight is 345 g/mol. The number of ether oxygens (including phenoxy) is 1. The van der Waals surface area contributed by atoms with Crippen LogP contribution in [0.1, 0.15) is 30.7 Å². The summed E-state index contributed by atoms with van der Waals surface area (Å²) in [5.74, 6) is -0.640. The number of halogens is 1. The molecule has 4 nitrogen and oxygen atoms in total. The van der Waals surface area contributed by atoms with E-state index in [0.29, 0.717) is 24.2 Å². The molecule has 0 amide bonds. The third-order valence-corrected chi connectivity index (χ3v) is 4.67. The molecule has 2 aliphatic rings. The van der Waals surface area contributed by atoms with Gasteiger partial charge in [-0.3, -0.25) is 10.2 Å². The quantitative estimate of drug-likeness (QED) is 0.844. The van der Waals surface area contributed by atoms with Gasteiger partial charge in [0.2, 0.25) is 5.90 Å². The Morgan fingerprint density at radius 2 is 2.10 bits per heavy atom. The molecule has 1 aromatic rings. The molecule has 2 atom stereocenters. The van der Waals surface area contributed by atoms with Gasteiger partial charge < -0.3 is 4.74 Å². The van der Waals surface area contributed by atoms with Gasteiger partial charge in [0, 0.05) is 28.8 Å². The summed E-state index contributed by atoms with van der Waals surface area (Å²) < 4.78 is 6.30. The number of nitrogens with one attached hydrogen (secondary N) is 1. The predicted octanol–water partition coefficient (Wildman–Crippen LogP) is 3.69. The molecule has 1 aromatic carbocycles. The van der Waals surface area contributed by atoms with Crippen LogP contribution in [0.5, 0.6) is 0 Å². The number of hydrogen-bond donors (Lipinski definition) is 1. The monoisotopic (exact) mass is 344 g/mol. The lowest BCUT2D eigenvalue weighted by molar-refractivity contribution is -0.116. The van der Waals surface area contributed by atoms with Crippen LogP contribution in [0.3, 0.4) is 0 Å². The summed E-state index contributed by atoms with van der Waals surface area (Å²) >= 11 is 3.49. The number of allylic oxidation sites excluding steroid dienone is 2. The largest absolute Gasteiger partial charge is 0.446 e. The first-order valence-corrected chi connectivity index (χ1v) is 7.59. The molecule has 5 heteroatoms. The van der Waals surface area contributed by atoms with Crippen molar-refractivity contribution in [2.45, 2.75) is 25.2 Å². The van der Waals surface area contributed by atoms with Crippen molar-refractivity contribution >= 4 is 27.6 Å². The second-order valence-corrected chi connectivity index (χ2v) is 6.04. The Hall–Kier alpha value is -1.93. The minimum absolute atomic E-state index is 0.0322. The van der Waals surface area contributed by atoms with Gasteiger partial charge in [0.25, 0.3) is 0 Å². The van der Waals surface area contributed by atoms with Crippen molar-refractivity contribution in [1.82, 2.24) is 0 Å². The van der Waals surface area contributed by atoms with Crippen LogP contribution in [0, 0.1) is 22.7 Å². The molecule has 0 radical (unpaired) electrons. The second-order valence-electron chi connectivity index (χ2n) is 5.19. The Kier molecular flexibility index (Phi) is 3.64. The lowest BCUT2D eigenvalue weighted by Crippen LogP contribution is -2.34. The smallest absolute Gasteiger partial charge is 0.205 e. The van der Waals surface area contributed by atoms with Gasteiger partial charge in [-0.15, -0.1) is 0 Å². The number of hydrogen-bond acceptors (Lipinski definition) is 4. The summed E-state index contributed by atoms with van der Waals surface area (Å²) in [6.07, 6.45) is 1.88. The SMILES string of the molecule is N#CC1C(=N)OC2=C(C(=O)CCC2)C1c1ccccc1Br. The van der Waals surface area contributed by atoms with E-state index in [4.69, 9.17) is 10.1 Å². The Bertz CT molecular complexity index is 702. The van der Waals surface area contributed by atoms with Crippen molar-refractivity contribution in [1.29, 1.82) is 10.7 Å². The Balaban J connectivity index is 2.21. The maximum absolute atomic E-state index is 12.4. The Labute approximate surface area is 131 Å². The van der Waals surface area contributed by atoms with Crippen LogP contribution in [0.25, 0.3) is 0 Å². The molecule has 0 fully saturated rings. The van der Waals surface area contributed by atoms with Crippen molar-refractivity contribution in [3.8, 4) is 6.07 Å². The molecular weight excluding hydrogens is 332 g/mol. The summed E-state index contributed by atoms with van der Waals surface area (Å²) in [5.41, 5.74) is 1.44. The van der Waals surface area contributed by atoms with E-state index >= 15 is 0 Å². The van der Waals surface area contributed by atoms with Gasteiger partial charge in [-0.05, 0) is 18.1 Å². The molecule has 3 rings (SSSR count). The van der Waals surface area contributed by atoms with Gasteiger partial charge in [0.15, 0.2) is 5.78 Å². The molecule has 2 unspecified atom stereocenters. The molecule has 0 saturated carbocycles. The minimum atomic E-state index is -0.760. The number of carbonyl (C=O) groups is 1. The molecule has 21 heavy (non-hydrogen) atoms. The molecule has 0 aromatic heterocycles. The van der Waals surface area contributed by atoms with Crippen LogP contribution in [0.15, 0.2) is 40.1 Å². The molecular formula is C16H13BrN2O2. The second kappa shape index (κ2) is 5.45. The van der Waals surface area contributed by atoms with Gasteiger partial charge in [-0.25, -0.2) is 0 Å². The zero-order chi connectivity index (χ0) is 15.0. The van der Waals surface area contributed by atoms with Gasteiger partial charge in [0.1, 0.15) is 11.7 Å². The van der Waals surface area contributed by atoms with E-state index in [1.807, 2.05) is 24.3 Å². The van der Waals surface area contributed by atoms with Crippen LogP contribution in [0.2, 0.25) is 0 Å². The summed E-state index contributed by atoms with van der Waals surface area (Å²) in [6, 6.07) is 9.67. The number of benzene rings is 1. The molecule has 106 valence electrons. The summed E-state index contributed by atoms with van der Waals surface area (Å²) in [6.45, 7) is 0. The summed E-state index contributed by atoms with van der Waals surface area (Å²) in [4.78, 5) is 12.4. The van der Waals surface area contributed by atoms with E-state index in [0.717, 1.165) is 16.5 Å². The van der Waals surface area contributed by atoms with E-state index in [1.54, 1.807) is 0 Å². The third-order valence-electron chi connectivity index (χ3n) is 3.95. The molecule has 1 aliphatic carbocycles. The number of rotatable bonds is 1. The number of nitrogens with zero attached hydrogens (tertiary/aromatic N) is 1. The van der Waals surface area contributed by atoms with Gasteiger partial charge in [-0.2, -0.15) is 5.26 Å². The van der Waals surface area contributed by atoms with Gasteiger partial charge >= 0.3 is 0 Å². The molecule has 0 spiro atoms. The van der Waals surface area contributed by atoms with Gasteiger partial charge in [-0.1, -0.05) is 34.1 Å². The van der Waals surface area contributed by atoms with Crippen molar-refractivity contribution in [2.75, 3.05) is 0 Å². The van der Waals surface area contributed by atoms with E-state index in [1.165, 1.54) is 0 Å². The highest BCUT2D eigenvalue weighted by Gasteiger charge is 2.43. The predicted molar refractivity (Wildman–Crippen MR) is 80.7 cm³/mol. The number of carbonyl (C=O) groups excluding carboxylic acids is 1. The first-order valence-electron chi connectivity index (χ1n) is 6.80. The highest BCUT2D eigenvalue weighted by atomic mass is 79.9. The molecule has 1 heterocycles. The molecule has 0 bridgehead atoms. The maximum atomic E-state index is 12.4. The van der Waals surface area contributed by atoms with E-state index in [-0.39, 0.29) is 11.7 Å². The van der Waals surface area contributed by atoms with E-state index in [2.05, 4.69) is 22.0 Å². The highest BCUT2D eigenvalue weighted by Crippen LogP contribution is 2.45. The minimum Gasteiger partial charge on any atom is -0.446 e. The fraction of sp³-hybridized carbons (Fsp3) is 0.312. The lowest BCUT2D eigenvalue weighted by atomic mass is 9.74. The van der Waals surface area contributed by atoms with Crippen LogP contribution in [-0.2, 0) is 9.53 Å². The van der Waals surface area contributed by atoms with Crippen LogP contribution < -0.4 is 0 Å². The fourth-order valence-electron chi connectivity index (χ4n) is 3.00. The van der Waals surface area contributed by atoms with Crippen LogP contribution >= 0.6 is 15.9 Å².